The van der Waals surface area contributed by atoms with Crippen LogP contribution in [0.1, 0.15) is 18.0 Å². The third kappa shape index (κ3) is 1.76. The van der Waals surface area contributed by atoms with E-state index in [1.807, 2.05) is 0 Å². The van der Waals surface area contributed by atoms with E-state index in [9.17, 15) is 4.79 Å². The lowest BCUT2D eigenvalue weighted by Gasteiger charge is -2.05. The number of aromatic hydroxyl groups is 1. The number of rotatable bonds is 3. The Hall–Kier alpha value is -1.49. The second-order valence-electron chi connectivity index (χ2n) is 2.42. The van der Waals surface area contributed by atoms with Crippen LogP contribution in [-0.2, 0) is 4.79 Å². The Kier molecular flexibility index (Phi) is 2.35. The highest BCUT2D eigenvalue weighted by molar-refractivity contribution is 5.68. The summed E-state index contributed by atoms with van der Waals surface area (Å²) in [5.41, 5.74) is 5.76. The lowest BCUT2D eigenvalue weighted by Crippen LogP contribution is -2.14. The molecule has 0 saturated heterocycles. The van der Waals surface area contributed by atoms with Gasteiger partial charge in [0.05, 0.1) is 12.7 Å². The van der Waals surface area contributed by atoms with Gasteiger partial charge in [0.25, 0.3) is 0 Å². The molecule has 0 aliphatic rings. The molecule has 0 spiro atoms. The Morgan fingerprint density at radius 2 is 2.33 bits per heavy atom. The molecule has 0 unspecified atom stereocenters. The van der Waals surface area contributed by atoms with Crippen LogP contribution in [0.3, 0.4) is 0 Å². The first-order chi connectivity index (χ1) is 5.61. The first-order valence-electron chi connectivity index (χ1n) is 3.33. The molecule has 0 radical (unpaired) electrons. The molecule has 12 heavy (non-hydrogen) atoms. The summed E-state index contributed by atoms with van der Waals surface area (Å²) < 4.78 is 4.63. The Labute approximate surface area is 68.4 Å². The molecule has 5 nitrogen and oxygen atoms in total. The molecule has 0 saturated carbocycles. The highest BCUT2D eigenvalue weighted by atomic mass is 16.4. The number of nitrogens with two attached hydrogens (primary N) is 1. The number of hydrogen-bond donors (Lipinski definition) is 3. The third-order valence-electron chi connectivity index (χ3n) is 1.46. The van der Waals surface area contributed by atoms with Gasteiger partial charge in [-0.25, -0.2) is 0 Å². The minimum absolute atomic E-state index is 0.108. The smallest absolute Gasteiger partial charge is 0.305 e. The number of carboxylic acid groups (broad SMARTS) is 1. The summed E-state index contributed by atoms with van der Waals surface area (Å²) in [6.07, 6.45) is 2.12. The van der Waals surface area contributed by atoms with Gasteiger partial charge in [0.15, 0.2) is 5.75 Å². The van der Waals surface area contributed by atoms with Crippen LogP contribution in [0.5, 0.6) is 5.75 Å². The van der Waals surface area contributed by atoms with Gasteiger partial charge in [-0.05, 0) is 0 Å². The number of aliphatic carboxylic acids is 1. The molecule has 1 atom stereocenters. The molecule has 66 valence electrons. The van der Waals surface area contributed by atoms with Crippen LogP contribution in [-0.4, -0.2) is 16.2 Å². The Balaban J connectivity index is 2.71. The van der Waals surface area contributed by atoms with E-state index in [0.717, 1.165) is 6.26 Å². The van der Waals surface area contributed by atoms with Gasteiger partial charge in [0.2, 0.25) is 0 Å². The van der Waals surface area contributed by atoms with Gasteiger partial charge in [0, 0.05) is 11.6 Å². The van der Waals surface area contributed by atoms with Crippen molar-refractivity contribution in [2.24, 2.45) is 5.73 Å². The summed E-state index contributed by atoms with van der Waals surface area (Å²) in [7, 11) is 0. The van der Waals surface area contributed by atoms with Gasteiger partial charge in [0.1, 0.15) is 6.26 Å². The van der Waals surface area contributed by atoms with Crippen LogP contribution in [0.15, 0.2) is 16.9 Å². The van der Waals surface area contributed by atoms with Crippen molar-refractivity contribution >= 4 is 5.97 Å². The zero-order chi connectivity index (χ0) is 9.14. The molecule has 1 aromatic heterocycles. The average Bonchev–Trinajstić information content (AvgIpc) is 2.33. The average molecular weight is 171 g/mol. The minimum atomic E-state index is -1.01. The summed E-state index contributed by atoms with van der Waals surface area (Å²) >= 11 is 0. The molecule has 0 aliphatic carbocycles. The third-order valence-corrected chi connectivity index (χ3v) is 1.46. The fraction of sp³-hybridized carbons (Fsp3) is 0.286. The zero-order valence-corrected chi connectivity index (χ0v) is 6.23. The predicted octanol–water partition coefficient (Wildman–Crippen LogP) is 0.460. The van der Waals surface area contributed by atoms with E-state index in [4.69, 9.17) is 15.9 Å². The molecule has 0 amide bonds. The van der Waals surface area contributed by atoms with Crippen LogP contribution in [0.4, 0.5) is 0 Å². The van der Waals surface area contributed by atoms with Crippen molar-refractivity contribution in [1.29, 1.82) is 0 Å². The predicted molar refractivity (Wildman–Crippen MR) is 39.6 cm³/mol. The highest BCUT2D eigenvalue weighted by Gasteiger charge is 2.15. The van der Waals surface area contributed by atoms with Crippen molar-refractivity contribution in [3.05, 3.63) is 18.1 Å². The topological polar surface area (TPSA) is 96.7 Å². The quantitative estimate of drug-likeness (QED) is 0.613. The molecule has 1 heterocycles. The van der Waals surface area contributed by atoms with Gasteiger partial charge in [-0.2, -0.15) is 0 Å². The maximum Gasteiger partial charge on any atom is 0.305 e. The summed E-state index contributed by atoms with van der Waals surface area (Å²) in [6, 6.07) is -0.721. The van der Waals surface area contributed by atoms with Gasteiger partial charge < -0.3 is 20.4 Å². The SMILES string of the molecule is N[C@H](CC(=O)O)c1cocc1O. The fourth-order valence-electron chi connectivity index (χ4n) is 0.876. The maximum atomic E-state index is 10.2. The summed E-state index contributed by atoms with van der Waals surface area (Å²) in [5.74, 6) is -1.12. The van der Waals surface area contributed by atoms with E-state index in [2.05, 4.69) is 4.42 Å². The van der Waals surface area contributed by atoms with Crippen LogP contribution < -0.4 is 5.73 Å². The number of hydrogen-bond acceptors (Lipinski definition) is 4. The first-order valence-corrected chi connectivity index (χ1v) is 3.33. The Bertz CT molecular complexity index is 281. The monoisotopic (exact) mass is 171 g/mol. The summed E-state index contributed by atoms with van der Waals surface area (Å²) in [5, 5.41) is 17.4. The highest BCUT2D eigenvalue weighted by Crippen LogP contribution is 2.25. The van der Waals surface area contributed by atoms with E-state index in [1.165, 1.54) is 6.26 Å². The second kappa shape index (κ2) is 3.27. The van der Waals surface area contributed by atoms with Crippen LogP contribution in [0.2, 0.25) is 0 Å². The zero-order valence-electron chi connectivity index (χ0n) is 6.23. The van der Waals surface area contributed by atoms with Crippen molar-refractivity contribution in [2.75, 3.05) is 0 Å². The van der Waals surface area contributed by atoms with Crippen LogP contribution in [0.25, 0.3) is 0 Å². The summed E-state index contributed by atoms with van der Waals surface area (Å²) in [4.78, 5) is 10.2. The van der Waals surface area contributed by atoms with Crippen molar-refractivity contribution in [2.45, 2.75) is 12.5 Å². The Morgan fingerprint density at radius 1 is 1.67 bits per heavy atom. The normalized spacial score (nSPS) is 12.8. The van der Waals surface area contributed by atoms with E-state index < -0.39 is 12.0 Å². The van der Waals surface area contributed by atoms with Gasteiger partial charge >= 0.3 is 5.97 Å². The molecule has 0 aliphatic heterocycles. The van der Waals surface area contributed by atoms with Crippen LogP contribution in [0, 0.1) is 0 Å². The molecular formula is C7H9NO4. The largest absolute Gasteiger partial charge is 0.504 e. The number of carbonyl (C=O) groups is 1. The van der Waals surface area contributed by atoms with Gasteiger partial charge in [-0.15, -0.1) is 0 Å². The van der Waals surface area contributed by atoms with E-state index >= 15 is 0 Å². The Morgan fingerprint density at radius 3 is 2.75 bits per heavy atom. The van der Waals surface area contributed by atoms with Crippen molar-refractivity contribution in [3.8, 4) is 5.75 Å². The van der Waals surface area contributed by atoms with E-state index in [0.29, 0.717) is 5.56 Å². The molecule has 1 rings (SSSR count). The summed E-state index contributed by atoms with van der Waals surface area (Å²) in [6.45, 7) is 0. The number of carboxylic acids is 1. The van der Waals surface area contributed by atoms with E-state index in [-0.39, 0.29) is 12.2 Å². The molecular weight excluding hydrogens is 162 g/mol. The van der Waals surface area contributed by atoms with Gasteiger partial charge in [-0.3, -0.25) is 4.79 Å². The molecule has 4 N–H and O–H groups in total. The fourth-order valence-corrected chi connectivity index (χ4v) is 0.876. The lowest BCUT2D eigenvalue weighted by molar-refractivity contribution is -0.137. The second-order valence-corrected chi connectivity index (χ2v) is 2.42. The molecule has 0 fully saturated rings. The minimum Gasteiger partial charge on any atom is -0.504 e. The molecule has 5 heteroatoms. The number of furan rings is 1. The van der Waals surface area contributed by atoms with Gasteiger partial charge in [-0.1, -0.05) is 0 Å². The molecule has 0 aromatic carbocycles. The molecule has 1 aromatic rings. The van der Waals surface area contributed by atoms with Crippen molar-refractivity contribution in [1.82, 2.24) is 0 Å². The van der Waals surface area contributed by atoms with E-state index in [1.54, 1.807) is 0 Å². The molecule has 0 bridgehead atoms. The first kappa shape index (κ1) is 8.61. The van der Waals surface area contributed by atoms with Crippen molar-refractivity contribution in [3.63, 3.8) is 0 Å². The van der Waals surface area contributed by atoms with Crippen LogP contribution >= 0.6 is 0 Å². The maximum absolute atomic E-state index is 10.2. The standard InChI is InChI=1S/C7H9NO4/c8-5(1-7(10)11)4-2-12-3-6(4)9/h2-3,5,9H,1,8H2,(H,10,11)/t5-/m1/s1. The van der Waals surface area contributed by atoms with Crippen molar-refractivity contribution < 1.29 is 19.4 Å². The lowest BCUT2D eigenvalue weighted by atomic mass is 10.1.